The Labute approximate surface area is 149 Å². The minimum atomic E-state index is 0.0474. The van der Waals surface area contributed by atoms with E-state index in [1.54, 1.807) is 18.3 Å². The van der Waals surface area contributed by atoms with Gasteiger partial charge in [0, 0.05) is 22.9 Å². The first-order chi connectivity index (χ1) is 12.1. The Kier molecular flexibility index (Phi) is 4.77. The van der Waals surface area contributed by atoms with E-state index in [2.05, 4.69) is 9.98 Å². The zero-order valence-electron chi connectivity index (χ0n) is 13.1. The summed E-state index contributed by atoms with van der Waals surface area (Å²) in [6.07, 6.45) is 2.69. The molecule has 1 aromatic heterocycles. The molecule has 0 radical (unpaired) electrons. The summed E-state index contributed by atoms with van der Waals surface area (Å²) in [5.41, 5.74) is 3.34. The Balaban J connectivity index is 2.09. The van der Waals surface area contributed by atoms with Crippen molar-refractivity contribution in [1.29, 1.82) is 10.8 Å². The number of nitrogens with zero attached hydrogens (tertiary/aromatic N) is 1. The fourth-order valence-corrected chi connectivity index (χ4v) is 2.84. The number of benzene rings is 2. The Morgan fingerprint density at radius 1 is 1.08 bits per heavy atom. The summed E-state index contributed by atoms with van der Waals surface area (Å²) in [7, 11) is 0. The van der Waals surface area contributed by atoms with Crippen LogP contribution in [-0.4, -0.2) is 27.9 Å². The zero-order chi connectivity index (χ0) is 17.8. The molecule has 1 heterocycles. The van der Waals surface area contributed by atoms with Gasteiger partial charge in [0.2, 0.25) is 0 Å². The summed E-state index contributed by atoms with van der Waals surface area (Å²) in [5, 5.41) is 25.7. The van der Waals surface area contributed by atoms with Crippen molar-refractivity contribution in [2.75, 3.05) is 0 Å². The summed E-state index contributed by atoms with van der Waals surface area (Å²) in [4.78, 5) is 7.27. The van der Waals surface area contributed by atoms with Crippen LogP contribution in [0.25, 0.3) is 0 Å². The van der Waals surface area contributed by atoms with Gasteiger partial charge in [-0.1, -0.05) is 41.9 Å². The van der Waals surface area contributed by atoms with E-state index in [4.69, 9.17) is 22.4 Å². The lowest BCUT2D eigenvalue weighted by molar-refractivity contribution is 0.475. The molecule has 4 N–H and O–H groups in total. The van der Waals surface area contributed by atoms with Crippen molar-refractivity contribution >= 4 is 29.4 Å². The van der Waals surface area contributed by atoms with E-state index in [0.717, 1.165) is 11.9 Å². The molecule has 0 saturated heterocycles. The molecule has 6 heteroatoms. The number of aliphatic imine (C=N–C) groups is 1. The largest absolute Gasteiger partial charge is 0.508 e. The fraction of sp³-hybridized carbons (Fsp3) is 0. The van der Waals surface area contributed by atoms with Crippen LogP contribution in [0.5, 0.6) is 5.75 Å². The number of hydrogen-bond donors (Lipinski definition) is 4. The van der Waals surface area contributed by atoms with Gasteiger partial charge in [-0.25, -0.2) is 4.99 Å². The van der Waals surface area contributed by atoms with Crippen LogP contribution in [0.4, 0.5) is 0 Å². The predicted molar refractivity (Wildman–Crippen MR) is 101 cm³/mol. The van der Waals surface area contributed by atoms with Crippen LogP contribution in [0.1, 0.15) is 22.4 Å². The number of halogens is 1. The molecule has 0 unspecified atom stereocenters. The van der Waals surface area contributed by atoms with Gasteiger partial charge in [0.05, 0.1) is 22.1 Å². The predicted octanol–water partition coefficient (Wildman–Crippen LogP) is 4.23. The second-order valence-corrected chi connectivity index (χ2v) is 5.69. The maximum atomic E-state index is 9.51. The Hall–Kier alpha value is -3.18. The number of aromatic hydroxyl groups is 1. The van der Waals surface area contributed by atoms with E-state index in [9.17, 15) is 5.11 Å². The number of aromatic amines is 1. The summed E-state index contributed by atoms with van der Waals surface area (Å²) in [6.45, 7) is 0. The fourth-order valence-electron chi connectivity index (χ4n) is 2.57. The topological polar surface area (TPSA) is 96.1 Å². The smallest absolute Gasteiger partial charge is 0.117 e. The van der Waals surface area contributed by atoms with E-state index in [0.29, 0.717) is 27.6 Å². The molecule has 3 aromatic rings. The monoisotopic (exact) mass is 350 g/mol. The highest BCUT2D eigenvalue weighted by Crippen LogP contribution is 2.25. The van der Waals surface area contributed by atoms with Gasteiger partial charge in [0.15, 0.2) is 0 Å². The third-order valence-electron chi connectivity index (χ3n) is 3.72. The number of nitrogens with one attached hydrogen (secondary N) is 3. The van der Waals surface area contributed by atoms with Crippen LogP contribution in [0.2, 0.25) is 5.02 Å². The van der Waals surface area contributed by atoms with E-state index in [-0.39, 0.29) is 11.5 Å². The highest BCUT2D eigenvalue weighted by Gasteiger charge is 2.18. The lowest BCUT2D eigenvalue weighted by Crippen LogP contribution is -2.11. The molecule has 25 heavy (non-hydrogen) atoms. The van der Waals surface area contributed by atoms with Gasteiger partial charge >= 0.3 is 0 Å². The SMILES string of the molecule is N=CN=C(c1ccccc1)c1[nH]ccc1C(=N)c1ccc(O)cc1Cl. The molecule has 2 aromatic carbocycles. The first-order valence-electron chi connectivity index (χ1n) is 7.49. The minimum Gasteiger partial charge on any atom is -0.508 e. The highest BCUT2D eigenvalue weighted by molar-refractivity contribution is 6.36. The second kappa shape index (κ2) is 7.15. The van der Waals surface area contributed by atoms with E-state index >= 15 is 0 Å². The number of phenolic OH excluding ortho intramolecular Hbond substituents is 1. The van der Waals surface area contributed by atoms with E-state index in [1.165, 1.54) is 12.1 Å². The zero-order valence-corrected chi connectivity index (χ0v) is 13.9. The number of rotatable bonds is 5. The molecule has 0 bridgehead atoms. The average molecular weight is 351 g/mol. The minimum absolute atomic E-state index is 0.0474. The maximum absolute atomic E-state index is 9.51. The molecule has 0 amide bonds. The Morgan fingerprint density at radius 2 is 1.84 bits per heavy atom. The first-order valence-corrected chi connectivity index (χ1v) is 7.87. The molecule has 0 fully saturated rings. The van der Waals surface area contributed by atoms with Crippen LogP contribution in [-0.2, 0) is 0 Å². The van der Waals surface area contributed by atoms with Crippen LogP contribution in [0.15, 0.2) is 65.8 Å². The van der Waals surface area contributed by atoms with Gasteiger partial charge in [-0.3, -0.25) is 10.8 Å². The van der Waals surface area contributed by atoms with E-state index in [1.807, 2.05) is 30.3 Å². The number of hydrogen-bond acceptors (Lipinski definition) is 3. The summed E-state index contributed by atoms with van der Waals surface area (Å²) < 4.78 is 0. The Morgan fingerprint density at radius 3 is 2.52 bits per heavy atom. The van der Waals surface area contributed by atoms with E-state index < -0.39 is 0 Å². The van der Waals surface area contributed by atoms with Crippen molar-refractivity contribution in [3.8, 4) is 5.75 Å². The molecule has 0 saturated carbocycles. The molecule has 0 aliphatic carbocycles. The van der Waals surface area contributed by atoms with Crippen LogP contribution < -0.4 is 0 Å². The third kappa shape index (κ3) is 3.36. The first kappa shape index (κ1) is 16.7. The van der Waals surface area contributed by atoms with Crippen molar-refractivity contribution in [3.05, 3.63) is 88.2 Å². The van der Waals surface area contributed by atoms with Crippen molar-refractivity contribution in [3.63, 3.8) is 0 Å². The van der Waals surface area contributed by atoms with Crippen molar-refractivity contribution < 1.29 is 5.11 Å². The van der Waals surface area contributed by atoms with Gasteiger partial charge in [0.1, 0.15) is 12.1 Å². The number of aromatic nitrogens is 1. The summed E-state index contributed by atoms with van der Waals surface area (Å²) in [5.74, 6) is 0.0474. The van der Waals surface area contributed by atoms with Gasteiger partial charge in [-0.05, 0) is 24.3 Å². The van der Waals surface area contributed by atoms with Crippen LogP contribution >= 0.6 is 11.6 Å². The normalized spacial score (nSPS) is 11.3. The molecule has 124 valence electrons. The van der Waals surface area contributed by atoms with Gasteiger partial charge in [-0.15, -0.1) is 0 Å². The van der Waals surface area contributed by atoms with Crippen molar-refractivity contribution in [2.24, 2.45) is 4.99 Å². The molecule has 3 rings (SSSR count). The van der Waals surface area contributed by atoms with Crippen molar-refractivity contribution in [1.82, 2.24) is 4.98 Å². The molecule has 0 spiro atoms. The van der Waals surface area contributed by atoms with Gasteiger partial charge < -0.3 is 10.1 Å². The molecule has 0 aliphatic rings. The maximum Gasteiger partial charge on any atom is 0.117 e. The van der Waals surface area contributed by atoms with Crippen molar-refractivity contribution in [2.45, 2.75) is 0 Å². The third-order valence-corrected chi connectivity index (χ3v) is 4.03. The molecular formula is C19H15ClN4O. The summed E-state index contributed by atoms with van der Waals surface area (Å²) >= 11 is 6.17. The Bertz CT molecular complexity index is 961. The second-order valence-electron chi connectivity index (χ2n) is 5.28. The summed E-state index contributed by atoms with van der Waals surface area (Å²) in [6, 6.07) is 15.7. The number of phenols is 1. The molecule has 0 aliphatic heterocycles. The highest BCUT2D eigenvalue weighted by atomic mass is 35.5. The quantitative estimate of drug-likeness (QED) is 0.402. The average Bonchev–Trinajstić information content (AvgIpc) is 3.09. The van der Waals surface area contributed by atoms with Gasteiger partial charge in [0.25, 0.3) is 0 Å². The lowest BCUT2D eigenvalue weighted by atomic mass is 9.98. The molecular weight excluding hydrogens is 336 g/mol. The standard InChI is InChI=1S/C19H15ClN4O/c20-16-10-13(25)6-7-14(16)17(22)15-8-9-23-19(15)18(24-11-21)12-4-2-1-3-5-12/h1-11,21-23,25H. The lowest BCUT2D eigenvalue weighted by Gasteiger charge is -2.10. The molecule has 0 atom stereocenters. The molecule has 5 nitrogen and oxygen atoms in total. The van der Waals surface area contributed by atoms with Gasteiger partial charge in [-0.2, -0.15) is 0 Å². The van der Waals surface area contributed by atoms with Crippen LogP contribution in [0, 0.1) is 10.8 Å². The number of H-pyrrole nitrogens is 1. The van der Waals surface area contributed by atoms with Crippen LogP contribution in [0.3, 0.4) is 0 Å².